The highest BCUT2D eigenvalue weighted by atomic mass is 32.2. The summed E-state index contributed by atoms with van der Waals surface area (Å²) < 4.78 is 11.9. The van der Waals surface area contributed by atoms with Crippen molar-refractivity contribution in [1.29, 1.82) is 0 Å². The molecule has 1 atom stereocenters. The van der Waals surface area contributed by atoms with Gasteiger partial charge in [-0.05, 0) is 25.0 Å². The molecular weight excluding hydrogens is 180 g/mol. The Bertz CT molecular complexity index is 309. The van der Waals surface area contributed by atoms with Crippen molar-refractivity contribution in [3.05, 3.63) is 29.3 Å². The standard InChI is InChI=1S/C11H16OS/c1-8(2)13(12)11-9(3)6-5-7-10(11)4/h5-8H,1-4H3. The number of rotatable bonds is 2. The zero-order chi connectivity index (χ0) is 10.0. The molecule has 0 saturated carbocycles. The Balaban J connectivity index is 3.20. The topological polar surface area (TPSA) is 17.1 Å². The lowest BCUT2D eigenvalue weighted by molar-refractivity contribution is 0.675. The zero-order valence-electron chi connectivity index (χ0n) is 8.63. The molecular formula is C11H16OS. The molecule has 72 valence electrons. The van der Waals surface area contributed by atoms with E-state index >= 15 is 0 Å². The number of hydrogen-bond acceptors (Lipinski definition) is 1. The van der Waals surface area contributed by atoms with Crippen LogP contribution in [0.2, 0.25) is 0 Å². The lowest BCUT2D eigenvalue weighted by Gasteiger charge is -2.11. The van der Waals surface area contributed by atoms with Gasteiger partial charge < -0.3 is 0 Å². The van der Waals surface area contributed by atoms with Gasteiger partial charge in [-0.1, -0.05) is 32.0 Å². The van der Waals surface area contributed by atoms with Crippen LogP contribution in [-0.4, -0.2) is 9.46 Å². The Kier molecular flexibility index (Phi) is 3.26. The SMILES string of the molecule is Cc1cccc(C)c1S(=O)C(C)C. The third-order valence-electron chi connectivity index (χ3n) is 2.04. The van der Waals surface area contributed by atoms with Gasteiger partial charge in [0.1, 0.15) is 0 Å². The normalized spacial score (nSPS) is 13.3. The minimum Gasteiger partial charge on any atom is -0.254 e. The highest BCUT2D eigenvalue weighted by molar-refractivity contribution is 7.85. The van der Waals surface area contributed by atoms with E-state index in [1.54, 1.807) is 0 Å². The fourth-order valence-corrected chi connectivity index (χ4v) is 2.59. The molecule has 0 aliphatic rings. The Morgan fingerprint density at radius 2 is 1.62 bits per heavy atom. The minimum atomic E-state index is -0.858. The Morgan fingerprint density at radius 3 is 2.00 bits per heavy atom. The molecule has 0 spiro atoms. The van der Waals surface area contributed by atoms with Crippen molar-refractivity contribution in [1.82, 2.24) is 0 Å². The van der Waals surface area contributed by atoms with E-state index in [1.165, 1.54) is 0 Å². The second-order valence-corrected chi connectivity index (χ2v) is 5.51. The van der Waals surface area contributed by atoms with Gasteiger partial charge in [-0.15, -0.1) is 0 Å². The summed E-state index contributed by atoms with van der Waals surface area (Å²) in [7, 11) is -0.858. The summed E-state index contributed by atoms with van der Waals surface area (Å²) in [4.78, 5) is 1.01. The van der Waals surface area contributed by atoms with Crippen LogP contribution in [0.1, 0.15) is 25.0 Å². The predicted molar refractivity (Wildman–Crippen MR) is 57.5 cm³/mol. The van der Waals surface area contributed by atoms with E-state index in [-0.39, 0.29) is 5.25 Å². The molecule has 0 heterocycles. The minimum absolute atomic E-state index is 0.194. The molecule has 0 N–H and O–H groups in total. The molecule has 1 aromatic carbocycles. The van der Waals surface area contributed by atoms with Gasteiger partial charge in [0.05, 0.1) is 10.8 Å². The molecule has 1 aromatic rings. The molecule has 1 unspecified atom stereocenters. The van der Waals surface area contributed by atoms with Crippen LogP contribution >= 0.6 is 0 Å². The van der Waals surface area contributed by atoms with E-state index in [2.05, 4.69) is 0 Å². The molecule has 0 fully saturated rings. The van der Waals surface area contributed by atoms with E-state index < -0.39 is 10.8 Å². The monoisotopic (exact) mass is 196 g/mol. The van der Waals surface area contributed by atoms with E-state index in [9.17, 15) is 4.21 Å². The molecule has 0 aliphatic carbocycles. The maximum atomic E-state index is 11.9. The van der Waals surface area contributed by atoms with Gasteiger partial charge in [0.2, 0.25) is 0 Å². The Labute approximate surface area is 82.6 Å². The van der Waals surface area contributed by atoms with Gasteiger partial charge in [0.25, 0.3) is 0 Å². The molecule has 1 nitrogen and oxygen atoms in total. The molecule has 0 aliphatic heterocycles. The van der Waals surface area contributed by atoms with Crippen molar-refractivity contribution < 1.29 is 4.21 Å². The average Bonchev–Trinajstić information content (AvgIpc) is 2.03. The summed E-state index contributed by atoms with van der Waals surface area (Å²) >= 11 is 0. The predicted octanol–water partition coefficient (Wildman–Crippen LogP) is 2.82. The number of hydrogen-bond donors (Lipinski definition) is 0. The van der Waals surface area contributed by atoms with E-state index in [4.69, 9.17) is 0 Å². The van der Waals surface area contributed by atoms with Crippen LogP contribution in [-0.2, 0) is 10.8 Å². The second-order valence-electron chi connectivity index (χ2n) is 3.57. The van der Waals surface area contributed by atoms with Crippen molar-refractivity contribution in [2.24, 2.45) is 0 Å². The third-order valence-corrected chi connectivity index (χ3v) is 3.94. The summed E-state index contributed by atoms with van der Waals surface area (Å²) in [5.41, 5.74) is 2.26. The lowest BCUT2D eigenvalue weighted by Crippen LogP contribution is -2.08. The molecule has 2 heteroatoms. The average molecular weight is 196 g/mol. The molecule has 13 heavy (non-hydrogen) atoms. The summed E-state index contributed by atoms with van der Waals surface area (Å²) in [5, 5.41) is 0.194. The maximum Gasteiger partial charge on any atom is 0.0560 e. The first-order chi connectivity index (χ1) is 6.04. The van der Waals surface area contributed by atoms with Crippen molar-refractivity contribution in [3.8, 4) is 0 Å². The quantitative estimate of drug-likeness (QED) is 0.711. The summed E-state index contributed by atoms with van der Waals surface area (Å²) in [5.74, 6) is 0. The van der Waals surface area contributed by atoms with Crippen LogP contribution in [0.3, 0.4) is 0 Å². The molecule has 0 bridgehead atoms. The smallest absolute Gasteiger partial charge is 0.0560 e. The summed E-state index contributed by atoms with van der Waals surface area (Å²) in [6.45, 7) is 8.01. The van der Waals surface area contributed by atoms with Crippen molar-refractivity contribution in [2.45, 2.75) is 37.8 Å². The van der Waals surface area contributed by atoms with Crippen LogP contribution < -0.4 is 0 Å². The molecule has 0 amide bonds. The Morgan fingerprint density at radius 1 is 1.15 bits per heavy atom. The van der Waals surface area contributed by atoms with Crippen LogP contribution in [0.15, 0.2) is 23.1 Å². The van der Waals surface area contributed by atoms with E-state index in [0.717, 1.165) is 16.0 Å². The molecule has 0 aromatic heterocycles. The molecule has 0 saturated heterocycles. The highest BCUT2D eigenvalue weighted by Gasteiger charge is 2.12. The maximum absolute atomic E-state index is 11.9. The third kappa shape index (κ3) is 2.19. The molecule has 0 radical (unpaired) electrons. The first kappa shape index (κ1) is 10.5. The van der Waals surface area contributed by atoms with Gasteiger partial charge in [0.15, 0.2) is 0 Å². The van der Waals surface area contributed by atoms with Gasteiger partial charge in [0, 0.05) is 10.1 Å². The highest BCUT2D eigenvalue weighted by Crippen LogP contribution is 2.20. The largest absolute Gasteiger partial charge is 0.254 e. The fourth-order valence-electron chi connectivity index (χ4n) is 1.35. The van der Waals surface area contributed by atoms with E-state index in [1.807, 2.05) is 45.9 Å². The first-order valence-corrected chi connectivity index (χ1v) is 5.72. The van der Waals surface area contributed by atoms with Crippen molar-refractivity contribution in [2.75, 3.05) is 0 Å². The number of aryl methyl sites for hydroxylation is 2. The summed E-state index contributed by atoms with van der Waals surface area (Å²) in [6.07, 6.45) is 0. The van der Waals surface area contributed by atoms with E-state index in [0.29, 0.717) is 0 Å². The first-order valence-electron chi connectivity index (χ1n) is 4.51. The fraction of sp³-hybridized carbons (Fsp3) is 0.455. The van der Waals surface area contributed by atoms with Gasteiger partial charge >= 0.3 is 0 Å². The van der Waals surface area contributed by atoms with Gasteiger partial charge in [-0.3, -0.25) is 4.21 Å². The van der Waals surface area contributed by atoms with Crippen LogP contribution in [0.25, 0.3) is 0 Å². The molecule has 1 rings (SSSR count). The summed E-state index contributed by atoms with van der Waals surface area (Å²) in [6, 6.07) is 6.04. The van der Waals surface area contributed by atoms with Crippen LogP contribution in [0.5, 0.6) is 0 Å². The second kappa shape index (κ2) is 4.05. The van der Waals surface area contributed by atoms with Crippen LogP contribution in [0.4, 0.5) is 0 Å². The van der Waals surface area contributed by atoms with Gasteiger partial charge in [-0.2, -0.15) is 0 Å². The zero-order valence-corrected chi connectivity index (χ0v) is 9.44. The van der Waals surface area contributed by atoms with Crippen molar-refractivity contribution >= 4 is 10.8 Å². The lowest BCUT2D eigenvalue weighted by atomic mass is 10.2. The van der Waals surface area contributed by atoms with Crippen LogP contribution in [0, 0.1) is 13.8 Å². The van der Waals surface area contributed by atoms with Gasteiger partial charge in [-0.25, -0.2) is 0 Å². The Hall–Kier alpha value is -0.630. The van der Waals surface area contributed by atoms with Crippen molar-refractivity contribution in [3.63, 3.8) is 0 Å². The number of benzene rings is 1.